The minimum Gasteiger partial charge on any atom is -0.350 e. The zero-order valence-corrected chi connectivity index (χ0v) is 18.9. The molecule has 1 atom stereocenters. The summed E-state index contributed by atoms with van der Waals surface area (Å²) in [5.74, 6) is -0.168. The van der Waals surface area contributed by atoms with Crippen molar-refractivity contribution in [2.75, 3.05) is 6.54 Å². The highest BCUT2D eigenvalue weighted by Crippen LogP contribution is 2.36. The summed E-state index contributed by atoms with van der Waals surface area (Å²) in [6.07, 6.45) is 1.93. The van der Waals surface area contributed by atoms with E-state index in [1.165, 1.54) is 0 Å². The lowest BCUT2D eigenvalue weighted by atomic mass is 9.84. The van der Waals surface area contributed by atoms with Crippen molar-refractivity contribution >= 4 is 11.8 Å². The molecule has 2 heterocycles. The predicted octanol–water partition coefficient (Wildman–Crippen LogP) is 3.93. The molecular formula is C26H30N4O2. The normalized spacial score (nSPS) is 18.0. The van der Waals surface area contributed by atoms with Crippen molar-refractivity contribution in [3.63, 3.8) is 0 Å². The van der Waals surface area contributed by atoms with E-state index in [2.05, 4.69) is 39.8 Å². The molecular weight excluding hydrogens is 400 g/mol. The third-order valence-electron chi connectivity index (χ3n) is 6.58. The molecule has 166 valence electrons. The molecule has 1 saturated heterocycles. The summed E-state index contributed by atoms with van der Waals surface area (Å²) in [5.41, 5.74) is 5.18. The van der Waals surface area contributed by atoms with Gasteiger partial charge in [-0.05, 0) is 43.4 Å². The summed E-state index contributed by atoms with van der Waals surface area (Å²) < 4.78 is 0. The van der Waals surface area contributed by atoms with Gasteiger partial charge in [-0.1, -0.05) is 54.6 Å². The number of aryl methyl sites for hydroxylation is 2. The van der Waals surface area contributed by atoms with Crippen molar-refractivity contribution in [1.82, 2.24) is 20.4 Å². The number of hydrogen-bond acceptors (Lipinski definition) is 3. The summed E-state index contributed by atoms with van der Waals surface area (Å²) >= 11 is 0. The quantitative estimate of drug-likeness (QED) is 0.622. The second-order valence-electron chi connectivity index (χ2n) is 8.60. The highest BCUT2D eigenvalue weighted by molar-refractivity contribution is 5.92. The molecule has 32 heavy (non-hydrogen) atoms. The van der Waals surface area contributed by atoms with Gasteiger partial charge in [0, 0.05) is 37.7 Å². The van der Waals surface area contributed by atoms with Gasteiger partial charge in [-0.15, -0.1) is 0 Å². The largest absolute Gasteiger partial charge is 0.350 e. The Kier molecular flexibility index (Phi) is 6.12. The number of nitrogens with zero attached hydrogens (tertiary/aromatic N) is 2. The smallest absolute Gasteiger partial charge is 0.246 e. The van der Waals surface area contributed by atoms with E-state index in [9.17, 15) is 9.59 Å². The van der Waals surface area contributed by atoms with Gasteiger partial charge in [-0.2, -0.15) is 5.10 Å². The fourth-order valence-corrected chi connectivity index (χ4v) is 4.89. The maximum atomic E-state index is 13.7. The fraction of sp³-hybridized carbons (Fsp3) is 0.346. The van der Waals surface area contributed by atoms with Gasteiger partial charge in [-0.25, -0.2) is 0 Å². The molecule has 0 aliphatic carbocycles. The van der Waals surface area contributed by atoms with Gasteiger partial charge in [0.15, 0.2) is 0 Å². The third-order valence-corrected chi connectivity index (χ3v) is 6.58. The van der Waals surface area contributed by atoms with Crippen LogP contribution in [0.2, 0.25) is 0 Å². The Hall–Kier alpha value is -3.41. The molecule has 1 aliphatic rings. The summed E-state index contributed by atoms with van der Waals surface area (Å²) in [5, 5.41) is 10.3. The Morgan fingerprint density at radius 2 is 1.81 bits per heavy atom. The van der Waals surface area contributed by atoms with E-state index < -0.39 is 5.54 Å². The molecule has 6 nitrogen and oxygen atoms in total. The maximum Gasteiger partial charge on any atom is 0.246 e. The highest BCUT2D eigenvalue weighted by Gasteiger charge is 2.48. The van der Waals surface area contributed by atoms with Crippen LogP contribution in [0.5, 0.6) is 0 Å². The summed E-state index contributed by atoms with van der Waals surface area (Å²) in [6.45, 7) is 6.42. The molecule has 0 bridgehead atoms. The molecule has 0 saturated carbocycles. The number of rotatable bonds is 6. The Morgan fingerprint density at radius 3 is 2.50 bits per heavy atom. The second-order valence-corrected chi connectivity index (χ2v) is 8.60. The van der Waals surface area contributed by atoms with Crippen LogP contribution in [0.3, 0.4) is 0 Å². The first-order chi connectivity index (χ1) is 15.4. The Balaban J connectivity index is 1.68. The van der Waals surface area contributed by atoms with E-state index in [4.69, 9.17) is 0 Å². The van der Waals surface area contributed by atoms with Crippen molar-refractivity contribution in [1.29, 1.82) is 0 Å². The first-order valence-electron chi connectivity index (χ1n) is 11.1. The van der Waals surface area contributed by atoms with E-state index in [-0.39, 0.29) is 11.8 Å². The summed E-state index contributed by atoms with van der Waals surface area (Å²) in [6, 6.07) is 18.3. The third kappa shape index (κ3) is 4.05. The van der Waals surface area contributed by atoms with Crippen LogP contribution in [0, 0.1) is 13.8 Å². The number of hydrogen-bond donors (Lipinski definition) is 2. The van der Waals surface area contributed by atoms with Gasteiger partial charge in [0.05, 0.1) is 5.69 Å². The van der Waals surface area contributed by atoms with Crippen molar-refractivity contribution in [2.24, 2.45) is 0 Å². The number of likely N-dealkylation sites (tertiary alicyclic amines) is 1. The number of aromatic nitrogens is 2. The lowest BCUT2D eigenvalue weighted by Gasteiger charge is -2.37. The van der Waals surface area contributed by atoms with E-state index >= 15 is 0 Å². The number of nitrogens with one attached hydrogen (secondary N) is 2. The minimum absolute atomic E-state index is 0.0643. The number of carbonyl (C=O) groups excluding carboxylic acids is 2. The number of H-pyrrole nitrogens is 1. The van der Waals surface area contributed by atoms with Crippen LogP contribution in [0.15, 0.2) is 54.6 Å². The van der Waals surface area contributed by atoms with Crippen LogP contribution in [0.1, 0.15) is 42.3 Å². The van der Waals surface area contributed by atoms with Crippen LogP contribution >= 0.6 is 0 Å². The van der Waals surface area contributed by atoms with E-state index in [1.54, 1.807) is 11.8 Å². The van der Waals surface area contributed by atoms with Gasteiger partial charge in [-0.3, -0.25) is 14.7 Å². The molecule has 0 spiro atoms. The second kappa shape index (κ2) is 8.99. The molecule has 2 N–H and O–H groups in total. The van der Waals surface area contributed by atoms with Crippen LogP contribution in [0.4, 0.5) is 0 Å². The molecule has 1 aliphatic heterocycles. The number of carbonyl (C=O) groups is 2. The maximum absolute atomic E-state index is 13.7. The zero-order valence-electron chi connectivity index (χ0n) is 18.9. The predicted molar refractivity (Wildman–Crippen MR) is 125 cm³/mol. The van der Waals surface area contributed by atoms with Crippen LogP contribution in [0.25, 0.3) is 11.1 Å². The zero-order chi connectivity index (χ0) is 22.7. The molecule has 2 amide bonds. The number of amides is 2. The van der Waals surface area contributed by atoms with Crippen molar-refractivity contribution in [2.45, 2.75) is 52.1 Å². The van der Waals surface area contributed by atoms with E-state index in [0.29, 0.717) is 25.9 Å². The van der Waals surface area contributed by atoms with Gasteiger partial charge in [0.2, 0.25) is 11.8 Å². The molecule has 2 aromatic carbocycles. The van der Waals surface area contributed by atoms with Gasteiger partial charge < -0.3 is 10.2 Å². The standard InChI is InChI=1S/C26H30N4O2/c1-18-24(19(2)29-28-18)17-27-25(32)26(14-9-15-30(26)20(3)31)16-22-12-7-8-13-23(22)21-10-5-4-6-11-21/h4-8,10-13H,9,14-17H2,1-3H3,(H,27,32)(H,28,29). The molecule has 1 fully saturated rings. The molecule has 1 unspecified atom stereocenters. The van der Waals surface area contributed by atoms with Crippen molar-refractivity contribution < 1.29 is 9.59 Å². The Bertz CT molecular complexity index is 1100. The summed E-state index contributed by atoms with van der Waals surface area (Å²) in [7, 11) is 0. The molecule has 6 heteroatoms. The van der Waals surface area contributed by atoms with Gasteiger partial charge in [0.25, 0.3) is 0 Å². The Morgan fingerprint density at radius 1 is 1.09 bits per heavy atom. The van der Waals surface area contributed by atoms with E-state index in [0.717, 1.165) is 40.1 Å². The topological polar surface area (TPSA) is 78.1 Å². The highest BCUT2D eigenvalue weighted by atomic mass is 16.2. The average molecular weight is 431 g/mol. The van der Waals surface area contributed by atoms with Crippen molar-refractivity contribution in [3.8, 4) is 11.1 Å². The number of benzene rings is 2. The molecule has 4 rings (SSSR count). The SMILES string of the molecule is CC(=O)N1CCCC1(Cc1ccccc1-c1ccccc1)C(=O)NCc1c(C)n[nH]c1C. The van der Waals surface area contributed by atoms with E-state index in [1.807, 2.05) is 44.2 Å². The van der Waals surface area contributed by atoms with Crippen LogP contribution in [-0.4, -0.2) is 39.0 Å². The first kappa shape index (κ1) is 21.8. The van der Waals surface area contributed by atoms with Gasteiger partial charge >= 0.3 is 0 Å². The minimum atomic E-state index is -0.901. The van der Waals surface area contributed by atoms with Crippen molar-refractivity contribution in [3.05, 3.63) is 77.1 Å². The molecule has 1 aromatic heterocycles. The van der Waals surface area contributed by atoms with Crippen LogP contribution < -0.4 is 5.32 Å². The number of aromatic amines is 1. The molecule has 3 aromatic rings. The van der Waals surface area contributed by atoms with Crippen LogP contribution in [-0.2, 0) is 22.6 Å². The average Bonchev–Trinajstić information content (AvgIpc) is 3.37. The monoisotopic (exact) mass is 430 g/mol. The van der Waals surface area contributed by atoms with Gasteiger partial charge in [0.1, 0.15) is 5.54 Å². The fourth-order valence-electron chi connectivity index (χ4n) is 4.89. The molecule has 0 radical (unpaired) electrons. The lowest BCUT2D eigenvalue weighted by molar-refractivity contribution is -0.143. The summed E-state index contributed by atoms with van der Waals surface area (Å²) in [4.78, 5) is 28.1. The Labute approximate surface area is 189 Å². The first-order valence-corrected chi connectivity index (χ1v) is 11.1. The lowest BCUT2D eigenvalue weighted by Crippen LogP contribution is -2.58.